The van der Waals surface area contributed by atoms with Crippen LogP contribution in [0.2, 0.25) is 0 Å². The summed E-state index contributed by atoms with van der Waals surface area (Å²) in [5.74, 6) is -1.14. The summed E-state index contributed by atoms with van der Waals surface area (Å²) in [6.07, 6.45) is -4.64. The number of aliphatic hydroxyl groups excluding tert-OH is 2. The Balaban J connectivity index is 1.50. The Hall–Kier alpha value is -3.65. The molecule has 41 heavy (non-hydrogen) atoms. The van der Waals surface area contributed by atoms with E-state index >= 15 is 0 Å². The zero-order valence-corrected chi connectivity index (χ0v) is 22.6. The third-order valence-corrected chi connectivity index (χ3v) is 8.89. The van der Waals surface area contributed by atoms with Crippen LogP contribution in [0.3, 0.4) is 0 Å². The first-order valence-electron chi connectivity index (χ1n) is 12.9. The lowest BCUT2D eigenvalue weighted by atomic mass is 9.94. The average Bonchev–Trinajstić information content (AvgIpc) is 3.10. The van der Waals surface area contributed by atoms with Crippen molar-refractivity contribution in [3.05, 3.63) is 83.9 Å². The number of benzene rings is 3. The van der Waals surface area contributed by atoms with E-state index in [1.807, 2.05) is 53.4 Å². The lowest BCUT2D eigenvalue weighted by molar-refractivity contribution is -0.274. The van der Waals surface area contributed by atoms with Crippen molar-refractivity contribution in [3.8, 4) is 5.75 Å². The van der Waals surface area contributed by atoms with Gasteiger partial charge in [-0.2, -0.15) is 0 Å². The van der Waals surface area contributed by atoms with E-state index in [0.29, 0.717) is 0 Å². The Bertz CT molecular complexity index is 1470. The number of likely N-dealkylation sites (tertiary alicyclic amines) is 1. The molecule has 2 aliphatic rings. The number of piperidine rings is 1. The molecule has 2 heterocycles. The predicted molar refractivity (Wildman–Crippen MR) is 145 cm³/mol. The molecule has 0 bridgehead atoms. The van der Waals surface area contributed by atoms with Crippen LogP contribution in [0.4, 0.5) is 24.5 Å². The minimum atomic E-state index is -4.91. The number of aryl methyl sites for hydroxylation is 2. The maximum absolute atomic E-state index is 13.5. The predicted octanol–water partition coefficient (Wildman–Crippen LogP) is 3.36. The number of para-hydroxylation sites is 2. The third kappa shape index (κ3) is 6.17. The molecule has 4 unspecified atom stereocenters. The molecule has 1 amide bonds. The van der Waals surface area contributed by atoms with Crippen molar-refractivity contribution in [2.45, 2.75) is 42.3 Å². The summed E-state index contributed by atoms with van der Waals surface area (Å²) in [6.45, 7) is -0.886. The lowest BCUT2D eigenvalue weighted by Crippen LogP contribution is -2.66. The Morgan fingerprint density at radius 2 is 1.54 bits per heavy atom. The van der Waals surface area contributed by atoms with Gasteiger partial charge < -0.3 is 24.7 Å². The number of halogens is 3. The molecule has 3 aromatic carbocycles. The number of carbonyl (C=O) groups is 1. The first kappa shape index (κ1) is 28.9. The van der Waals surface area contributed by atoms with Gasteiger partial charge >= 0.3 is 6.36 Å². The Labute approximate surface area is 235 Å². The molecule has 9 nitrogen and oxygen atoms in total. The fourth-order valence-electron chi connectivity index (χ4n) is 5.45. The molecule has 4 N–H and O–H groups in total. The number of anilines is 2. The zero-order valence-electron chi connectivity index (χ0n) is 21.8. The van der Waals surface area contributed by atoms with Gasteiger partial charge in [0.25, 0.3) is 0 Å². The van der Waals surface area contributed by atoms with Gasteiger partial charge in [-0.3, -0.25) is 4.79 Å². The van der Waals surface area contributed by atoms with Crippen molar-refractivity contribution >= 4 is 27.2 Å². The van der Waals surface area contributed by atoms with Crippen LogP contribution in [0.5, 0.6) is 5.75 Å². The standard InChI is InChI=1S/C28H29F3N4O5S/c29-28(30,31)40-20-11-13-21(14-12-20)41(32,39)33-22-15-34(26(37)17-36)16-25(27(22)38)35-23-7-3-1-5-18(23)9-10-19-6-2-4-8-24(19)35/h1-8,11-14,22,25,27,36,38H,9-10,15-17H2,(H2,32,33,39). The topological polar surface area (TPSA) is 126 Å². The van der Waals surface area contributed by atoms with E-state index in [9.17, 15) is 32.4 Å². The van der Waals surface area contributed by atoms with Crippen molar-refractivity contribution in [2.24, 2.45) is 0 Å². The number of hydrogen-bond donors (Lipinski definition) is 4. The number of nitrogens with zero attached hydrogens (tertiary/aromatic N) is 2. The lowest BCUT2D eigenvalue weighted by Gasteiger charge is -2.47. The quantitative estimate of drug-likeness (QED) is 0.349. The van der Waals surface area contributed by atoms with Crippen LogP contribution in [0, 0.1) is 4.78 Å². The molecule has 0 aliphatic carbocycles. The van der Waals surface area contributed by atoms with E-state index in [-0.39, 0.29) is 18.0 Å². The van der Waals surface area contributed by atoms with Crippen LogP contribution in [0.15, 0.2) is 77.7 Å². The van der Waals surface area contributed by atoms with E-state index < -0.39 is 52.7 Å². The van der Waals surface area contributed by atoms with Crippen molar-refractivity contribution in [1.29, 1.82) is 4.78 Å². The summed E-state index contributed by atoms with van der Waals surface area (Å²) in [5.41, 5.74) is 3.75. The molecule has 0 aromatic heterocycles. The molecule has 2 aliphatic heterocycles. The third-order valence-electron chi connectivity index (χ3n) is 7.32. The maximum Gasteiger partial charge on any atom is 0.573 e. The van der Waals surface area contributed by atoms with E-state index in [2.05, 4.69) is 9.46 Å². The summed E-state index contributed by atoms with van der Waals surface area (Å²) < 4.78 is 66.2. The van der Waals surface area contributed by atoms with E-state index in [1.165, 1.54) is 4.90 Å². The molecule has 4 atom stereocenters. The molecule has 13 heteroatoms. The Morgan fingerprint density at radius 1 is 0.976 bits per heavy atom. The first-order chi connectivity index (χ1) is 19.5. The highest BCUT2D eigenvalue weighted by molar-refractivity contribution is 7.90. The largest absolute Gasteiger partial charge is 0.573 e. The molecule has 0 saturated carbocycles. The van der Waals surface area contributed by atoms with Gasteiger partial charge in [0, 0.05) is 24.5 Å². The molecule has 1 fully saturated rings. The van der Waals surface area contributed by atoms with Gasteiger partial charge in [-0.1, -0.05) is 36.4 Å². The number of amides is 1. The normalized spacial score (nSPS) is 22.2. The molecular formula is C28H29F3N4O5S. The monoisotopic (exact) mass is 590 g/mol. The summed E-state index contributed by atoms with van der Waals surface area (Å²) in [5, 5.41) is 21.4. The van der Waals surface area contributed by atoms with Gasteiger partial charge in [0.2, 0.25) is 5.91 Å². The summed E-state index contributed by atoms with van der Waals surface area (Å²) in [6, 6.07) is 17.7. The first-order valence-corrected chi connectivity index (χ1v) is 14.5. The second-order valence-electron chi connectivity index (χ2n) is 9.94. The molecule has 0 radical (unpaired) electrons. The molecule has 5 rings (SSSR count). The van der Waals surface area contributed by atoms with Gasteiger partial charge in [-0.05, 0) is 60.4 Å². The number of alkyl halides is 3. The Kier molecular flexibility index (Phi) is 7.97. The fourth-order valence-corrected chi connectivity index (χ4v) is 6.75. The molecule has 1 saturated heterocycles. The molecular weight excluding hydrogens is 561 g/mol. The Morgan fingerprint density at radius 3 is 2.07 bits per heavy atom. The van der Waals surface area contributed by atoms with Crippen LogP contribution in [0.25, 0.3) is 0 Å². The number of fused-ring (bicyclic) bond motifs is 2. The highest BCUT2D eigenvalue weighted by Crippen LogP contribution is 2.39. The van der Waals surface area contributed by atoms with E-state index in [0.717, 1.165) is 59.6 Å². The van der Waals surface area contributed by atoms with Crippen LogP contribution in [-0.4, -0.2) is 69.5 Å². The highest BCUT2D eigenvalue weighted by Gasteiger charge is 2.43. The smallest absolute Gasteiger partial charge is 0.406 e. The van der Waals surface area contributed by atoms with E-state index in [4.69, 9.17) is 4.78 Å². The van der Waals surface area contributed by atoms with Crippen molar-refractivity contribution in [3.63, 3.8) is 0 Å². The number of carbonyl (C=O) groups excluding carboxylic acids is 1. The van der Waals surface area contributed by atoms with Gasteiger partial charge in [0.1, 0.15) is 22.3 Å². The minimum absolute atomic E-state index is 0.0457. The summed E-state index contributed by atoms with van der Waals surface area (Å²) in [4.78, 5) is 15.9. The van der Waals surface area contributed by atoms with Gasteiger partial charge in [-0.25, -0.2) is 13.7 Å². The SMILES string of the molecule is N=S(=O)(NC1CN(C(=O)CO)CC(N2c3ccccc3CCc3ccccc32)C1O)c1ccc(OC(F)(F)F)cc1. The highest BCUT2D eigenvalue weighted by atomic mass is 32.2. The van der Waals surface area contributed by atoms with Crippen molar-refractivity contribution in [1.82, 2.24) is 9.62 Å². The second kappa shape index (κ2) is 11.3. The van der Waals surface area contributed by atoms with Crippen molar-refractivity contribution < 1.29 is 37.1 Å². The summed E-state index contributed by atoms with van der Waals surface area (Å²) >= 11 is 0. The average molecular weight is 591 g/mol. The van der Waals surface area contributed by atoms with Gasteiger partial charge in [0.15, 0.2) is 0 Å². The van der Waals surface area contributed by atoms with Crippen molar-refractivity contribution in [2.75, 3.05) is 24.6 Å². The second-order valence-corrected chi connectivity index (χ2v) is 11.8. The van der Waals surface area contributed by atoms with Gasteiger partial charge in [0.05, 0.1) is 23.1 Å². The number of rotatable bonds is 6. The molecule has 3 aromatic rings. The van der Waals surface area contributed by atoms with Crippen LogP contribution < -0.4 is 14.4 Å². The van der Waals surface area contributed by atoms with Crippen LogP contribution in [-0.2, 0) is 27.6 Å². The van der Waals surface area contributed by atoms with Gasteiger partial charge in [-0.15, -0.1) is 13.2 Å². The summed E-state index contributed by atoms with van der Waals surface area (Å²) in [7, 11) is -3.86. The fraction of sp³-hybridized carbons (Fsp3) is 0.321. The van der Waals surface area contributed by atoms with Crippen LogP contribution >= 0.6 is 0 Å². The number of hydrogen-bond acceptors (Lipinski definition) is 7. The number of ether oxygens (including phenoxy) is 1. The molecule has 218 valence electrons. The van der Waals surface area contributed by atoms with Crippen LogP contribution in [0.1, 0.15) is 11.1 Å². The van der Waals surface area contributed by atoms with E-state index in [1.54, 1.807) is 0 Å². The number of nitrogens with one attached hydrogen (secondary N) is 2. The number of aliphatic hydroxyl groups is 2. The maximum atomic E-state index is 13.5. The minimum Gasteiger partial charge on any atom is -0.406 e. The molecule has 0 spiro atoms. The zero-order chi connectivity index (χ0) is 29.4.